The van der Waals surface area contributed by atoms with Crippen molar-refractivity contribution in [1.29, 1.82) is 0 Å². The van der Waals surface area contributed by atoms with Crippen molar-refractivity contribution in [3.05, 3.63) is 52.1 Å². The summed E-state index contributed by atoms with van der Waals surface area (Å²) in [5, 5.41) is 16.7. The van der Waals surface area contributed by atoms with Gasteiger partial charge in [-0.3, -0.25) is 14.7 Å². The summed E-state index contributed by atoms with van der Waals surface area (Å²) in [6.45, 7) is 3.74. The van der Waals surface area contributed by atoms with Crippen LogP contribution < -0.4 is 10.2 Å². The Labute approximate surface area is 178 Å². The lowest BCUT2D eigenvalue weighted by molar-refractivity contribution is -0.380. The molecule has 0 aliphatic rings. The first-order valence-electron chi connectivity index (χ1n) is 8.52. The van der Waals surface area contributed by atoms with Crippen LogP contribution >= 0.6 is 42.2 Å². The third-order valence-electron chi connectivity index (χ3n) is 3.67. The van der Waals surface area contributed by atoms with E-state index in [4.69, 9.17) is 27.7 Å². The molecule has 2 N–H and O–H groups in total. The smallest absolute Gasteiger partial charge is 0.301 e. The molecule has 1 heterocycles. The lowest BCUT2D eigenvalue weighted by Gasteiger charge is -2.25. The topological polar surface area (TPSA) is 93.5 Å². The molecule has 0 saturated heterocycles. The van der Waals surface area contributed by atoms with Gasteiger partial charge in [0.05, 0.1) is 11.5 Å². The van der Waals surface area contributed by atoms with E-state index in [0.717, 1.165) is 27.3 Å². The maximum absolute atomic E-state index is 13.1. The molecule has 0 amide bonds. The average molecular weight is 466 g/mol. The van der Waals surface area contributed by atoms with Crippen molar-refractivity contribution in [2.45, 2.75) is 32.5 Å². The molecular formula is C17H22Cl2N3O4PS. The number of hydrogen-bond donors (Lipinski definition) is 2. The van der Waals surface area contributed by atoms with Gasteiger partial charge in [0.15, 0.2) is 0 Å². The average Bonchev–Trinajstić information content (AvgIpc) is 3.17. The zero-order valence-electron chi connectivity index (χ0n) is 15.4. The van der Waals surface area contributed by atoms with E-state index in [0.29, 0.717) is 0 Å². The molecule has 0 spiro atoms. The molecule has 0 bridgehead atoms. The second kappa shape index (κ2) is 10.7. The Morgan fingerprint density at radius 3 is 2.14 bits per heavy atom. The standard InChI is InChI=1S/C17H22Cl2N3O4PS/c1-12(9-18)20-27(25,21-13(2)10-19)26-11-14-3-5-15(6-4-14)16-7-8-17(28-16)22(23)24/h3-8,12-13H,9-11H2,1-2H3,(H2,20,21,25)/t12-,13-/m1/s1. The summed E-state index contributed by atoms with van der Waals surface area (Å²) in [4.78, 5) is 11.2. The zero-order valence-corrected chi connectivity index (χ0v) is 18.7. The Bertz CT molecular complexity index is 818. The van der Waals surface area contributed by atoms with Gasteiger partial charge in [-0.05, 0) is 31.0 Å². The van der Waals surface area contributed by atoms with E-state index in [1.54, 1.807) is 6.07 Å². The van der Waals surface area contributed by atoms with Crippen LogP contribution in [-0.2, 0) is 15.7 Å². The van der Waals surface area contributed by atoms with E-state index >= 15 is 0 Å². The van der Waals surface area contributed by atoms with E-state index in [1.807, 2.05) is 38.1 Å². The lowest BCUT2D eigenvalue weighted by atomic mass is 10.1. The van der Waals surface area contributed by atoms with E-state index in [-0.39, 0.29) is 35.5 Å². The molecule has 1 aromatic carbocycles. The normalized spacial score (nSPS) is 14.0. The highest BCUT2D eigenvalue weighted by Crippen LogP contribution is 2.40. The van der Waals surface area contributed by atoms with Crippen molar-refractivity contribution in [3.8, 4) is 10.4 Å². The molecule has 7 nitrogen and oxygen atoms in total. The highest BCUT2D eigenvalue weighted by molar-refractivity contribution is 7.54. The van der Waals surface area contributed by atoms with Gasteiger partial charge in [0.2, 0.25) is 0 Å². The number of halogens is 2. The summed E-state index contributed by atoms with van der Waals surface area (Å²) >= 11 is 12.7. The minimum Gasteiger partial charge on any atom is -0.301 e. The van der Waals surface area contributed by atoms with Crippen LogP contribution in [0.25, 0.3) is 10.4 Å². The number of benzene rings is 1. The van der Waals surface area contributed by atoms with Crippen LogP contribution in [0, 0.1) is 10.1 Å². The van der Waals surface area contributed by atoms with E-state index in [2.05, 4.69) is 10.2 Å². The molecule has 28 heavy (non-hydrogen) atoms. The molecular weight excluding hydrogens is 444 g/mol. The maximum Gasteiger partial charge on any atom is 0.341 e. The van der Waals surface area contributed by atoms with Crippen LogP contribution in [0.2, 0.25) is 0 Å². The first kappa shape index (κ1) is 23.3. The fourth-order valence-corrected chi connectivity index (χ4v) is 5.37. The van der Waals surface area contributed by atoms with Gasteiger partial charge in [0, 0.05) is 34.8 Å². The predicted molar refractivity (Wildman–Crippen MR) is 115 cm³/mol. The number of rotatable bonds is 11. The van der Waals surface area contributed by atoms with Gasteiger partial charge in [0.25, 0.3) is 0 Å². The van der Waals surface area contributed by atoms with Gasteiger partial charge in [-0.2, -0.15) is 0 Å². The lowest BCUT2D eigenvalue weighted by Crippen LogP contribution is -2.36. The Balaban J connectivity index is 2.06. The molecule has 0 aliphatic heterocycles. The van der Waals surface area contributed by atoms with Crippen LogP contribution in [0.3, 0.4) is 0 Å². The Hall–Kier alpha value is -0.990. The molecule has 0 fully saturated rings. The summed E-state index contributed by atoms with van der Waals surface area (Å²) in [7, 11) is -3.35. The third kappa shape index (κ3) is 6.81. The minimum atomic E-state index is -3.35. The maximum atomic E-state index is 13.1. The molecule has 1 aromatic heterocycles. The van der Waals surface area contributed by atoms with Crippen LogP contribution in [0.1, 0.15) is 19.4 Å². The van der Waals surface area contributed by atoms with Crippen LogP contribution in [0.15, 0.2) is 36.4 Å². The summed E-state index contributed by atoms with van der Waals surface area (Å²) in [5.74, 6) is 0.567. The molecule has 2 rings (SSSR count). The summed E-state index contributed by atoms with van der Waals surface area (Å²) in [6, 6.07) is 10.2. The minimum absolute atomic E-state index is 0.0994. The molecule has 0 saturated carbocycles. The van der Waals surface area contributed by atoms with Gasteiger partial charge in [-0.15, -0.1) is 23.2 Å². The van der Waals surface area contributed by atoms with Crippen LogP contribution in [0.4, 0.5) is 5.00 Å². The Morgan fingerprint density at radius 2 is 1.68 bits per heavy atom. The van der Waals surface area contributed by atoms with Crippen molar-refractivity contribution in [2.75, 3.05) is 11.8 Å². The van der Waals surface area contributed by atoms with Gasteiger partial charge in [0.1, 0.15) is 0 Å². The SMILES string of the molecule is C[C@H](CCl)NP(=O)(N[C@H](C)CCl)OCc1ccc(-c2ccc([N+](=O)[O-])s2)cc1. The molecule has 0 radical (unpaired) electrons. The first-order valence-corrected chi connectivity index (χ1v) is 12.0. The van der Waals surface area contributed by atoms with Crippen molar-refractivity contribution >= 4 is 47.2 Å². The van der Waals surface area contributed by atoms with Gasteiger partial charge in [-0.25, -0.2) is 10.2 Å². The zero-order chi connectivity index (χ0) is 20.7. The van der Waals surface area contributed by atoms with Gasteiger partial charge in [-0.1, -0.05) is 35.6 Å². The largest absolute Gasteiger partial charge is 0.341 e. The van der Waals surface area contributed by atoms with Gasteiger partial charge >= 0.3 is 12.7 Å². The number of nitrogens with one attached hydrogen (secondary N) is 2. The number of thiophene rings is 1. The van der Waals surface area contributed by atoms with Gasteiger partial charge < -0.3 is 4.52 Å². The molecule has 11 heteroatoms. The molecule has 154 valence electrons. The fourth-order valence-electron chi connectivity index (χ4n) is 2.27. The van der Waals surface area contributed by atoms with Crippen molar-refractivity contribution in [1.82, 2.24) is 10.2 Å². The fraction of sp³-hybridized carbons (Fsp3) is 0.412. The van der Waals surface area contributed by atoms with Crippen LogP contribution in [0.5, 0.6) is 0 Å². The molecule has 0 aliphatic carbocycles. The number of nitrogens with zero attached hydrogens (tertiary/aromatic N) is 1. The summed E-state index contributed by atoms with van der Waals surface area (Å²) in [6.07, 6.45) is 0. The van der Waals surface area contributed by atoms with Crippen molar-refractivity contribution < 1.29 is 14.0 Å². The summed E-state index contributed by atoms with van der Waals surface area (Å²) in [5.41, 5.74) is 1.68. The molecule has 0 unspecified atom stereocenters. The predicted octanol–water partition coefficient (Wildman–Crippen LogP) is 5.38. The second-order valence-electron chi connectivity index (χ2n) is 6.29. The first-order chi connectivity index (χ1) is 13.3. The Morgan fingerprint density at radius 1 is 1.11 bits per heavy atom. The molecule has 2 atom stereocenters. The molecule has 2 aromatic rings. The number of hydrogen-bond acceptors (Lipinski definition) is 5. The van der Waals surface area contributed by atoms with Crippen LogP contribution in [-0.4, -0.2) is 28.8 Å². The van der Waals surface area contributed by atoms with E-state index in [1.165, 1.54) is 6.07 Å². The Kier molecular flexibility index (Phi) is 8.89. The summed E-state index contributed by atoms with van der Waals surface area (Å²) < 4.78 is 18.7. The van der Waals surface area contributed by atoms with Crippen molar-refractivity contribution in [3.63, 3.8) is 0 Å². The van der Waals surface area contributed by atoms with E-state index in [9.17, 15) is 14.7 Å². The number of nitro groups is 1. The van der Waals surface area contributed by atoms with E-state index < -0.39 is 12.6 Å². The highest BCUT2D eigenvalue weighted by atomic mass is 35.5. The quantitative estimate of drug-likeness (QED) is 0.200. The monoisotopic (exact) mass is 465 g/mol. The highest BCUT2D eigenvalue weighted by Gasteiger charge is 2.27. The number of alkyl halides is 2. The van der Waals surface area contributed by atoms with Crippen molar-refractivity contribution in [2.24, 2.45) is 0 Å². The third-order valence-corrected chi connectivity index (χ3v) is 7.73. The second-order valence-corrected chi connectivity index (χ2v) is 9.84.